The second-order valence-corrected chi connectivity index (χ2v) is 14.4. The number of carbonyl (C=O) groups is 3. The van der Waals surface area contributed by atoms with Crippen LogP contribution in [-0.2, 0) is 21.6 Å². The number of methoxy groups -OCH3 is 1. The maximum absolute atomic E-state index is 13.7. The van der Waals surface area contributed by atoms with Crippen molar-refractivity contribution < 1.29 is 23.9 Å². The first-order chi connectivity index (χ1) is 21.2. The Morgan fingerprint density at radius 2 is 1.55 bits per heavy atom. The summed E-state index contributed by atoms with van der Waals surface area (Å²) in [5.41, 5.74) is 3.32. The van der Waals surface area contributed by atoms with Crippen molar-refractivity contribution in [3.63, 3.8) is 0 Å². The van der Waals surface area contributed by atoms with Gasteiger partial charge in [0.25, 0.3) is 11.8 Å². The van der Waals surface area contributed by atoms with Crippen LogP contribution in [0.4, 0.5) is 10.5 Å². The molecule has 0 atom stereocenters. The zero-order valence-electron chi connectivity index (χ0n) is 24.3. The standard InChI is InChI=1S/C35H32Br2N2O5/c1-43-30-15-21(14-29(37)31(30)44-19-20-2-6-26(36)7-3-20)13-28-32(40)38-34(42)39(33(28)41)27-8-4-25(5-9-27)35-16-22-10-23(17-35)12-24(11-22)18-35/h2-9,13-15,22-24H,10-12,16-19H2,1H3,(H,38,40,42)/b28-13+. The molecule has 5 aliphatic rings. The van der Waals surface area contributed by atoms with E-state index in [1.165, 1.54) is 57.3 Å². The van der Waals surface area contributed by atoms with Gasteiger partial charge in [-0.2, -0.15) is 0 Å². The first kappa shape index (κ1) is 29.3. The lowest BCUT2D eigenvalue weighted by Gasteiger charge is -2.57. The number of barbiturate groups is 1. The van der Waals surface area contributed by atoms with Gasteiger partial charge in [-0.3, -0.25) is 14.9 Å². The molecule has 8 rings (SSSR count). The predicted molar refractivity (Wildman–Crippen MR) is 174 cm³/mol. The number of nitrogens with one attached hydrogen (secondary N) is 1. The van der Waals surface area contributed by atoms with E-state index in [1.54, 1.807) is 12.1 Å². The summed E-state index contributed by atoms with van der Waals surface area (Å²) in [5.74, 6) is 1.96. The lowest BCUT2D eigenvalue weighted by molar-refractivity contribution is -0.122. The van der Waals surface area contributed by atoms with Crippen molar-refractivity contribution in [2.45, 2.75) is 50.5 Å². The van der Waals surface area contributed by atoms with E-state index in [-0.39, 0.29) is 11.0 Å². The number of rotatable bonds is 7. The third-order valence-electron chi connectivity index (χ3n) is 9.74. The normalized spacial score (nSPS) is 26.7. The van der Waals surface area contributed by atoms with Crippen molar-refractivity contribution in [1.82, 2.24) is 5.32 Å². The predicted octanol–water partition coefficient (Wildman–Crippen LogP) is 7.93. The molecule has 4 amide bonds. The van der Waals surface area contributed by atoms with Gasteiger partial charge in [0.05, 0.1) is 17.3 Å². The third kappa shape index (κ3) is 5.38. The van der Waals surface area contributed by atoms with Crippen molar-refractivity contribution in [3.05, 3.63) is 91.9 Å². The fraction of sp³-hybridized carbons (Fsp3) is 0.343. The van der Waals surface area contributed by atoms with Gasteiger partial charge in [-0.1, -0.05) is 40.2 Å². The van der Waals surface area contributed by atoms with Crippen molar-refractivity contribution in [1.29, 1.82) is 0 Å². The summed E-state index contributed by atoms with van der Waals surface area (Å²) in [6.45, 7) is 0.322. The average molecular weight is 720 g/mol. The van der Waals surface area contributed by atoms with Crippen LogP contribution in [0, 0.1) is 17.8 Å². The Labute approximate surface area is 273 Å². The molecule has 0 unspecified atom stereocenters. The van der Waals surface area contributed by atoms with E-state index in [2.05, 4.69) is 49.3 Å². The number of hydrogen-bond acceptors (Lipinski definition) is 5. The molecule has 4 bridgehead atoms. The molecule has 226 valence electrons. The number of benzene rings is 3. The van der Waals surface area contributed by atoms with E-state index in [0.717, 1.165) is 32.7 Å². The van der Waals surface area contributed by atoms with Crippen LogP contribution in [0.5, 0.6) is 11.5 Å². The summed E-state index contributed by atoms with van der Waals surface area (Å²) in [6.07, 6.45) is 9.27. The molecule has 7 nitrogen and oxygen atoms in total. The Kier molecular flexibility index (Phi) is 7.65. The van der Waals surface area contributed by atoms with Crippen LogP contribution in [-0.4, -0.2) is 25.0 Å². The fourth-order valence-electron chi connectivity index (χ4n) is 8.19. The van der Waals surface area contributed by atoms with Crippen LogP contribution in [0.15, 0.2) is 75.2 Å². The summed E-state index contributed by atoms with van der Waals surface area (Å²) in [4.78, 5) is 40.5. The summed E-state index contributed by atoms with van der Waals surface area (Å²) >= 11 is 6.98. The van der Waals surface area contributed by atoms with E-state index < -0.39 is 17.8 Å². The zero-order chi connectivity index (χ0) is 30.6. The van der Waals surface area contributed by atoms with Gasteiger partial charge in [0.1, 0.15) is 12.2 Å². The molecule has 1 aliphatic heterocycles. The number of imide groups is 2. The molecule has 4 aliphatic carbocycles. The molecule has 0 radical (unpaired) electrons. The SMILES string of the molecule is COc1cc(/C=C2\C(=O)NC(=O)N(c3ccc(C45CC6CC(CC(C6)C4)C5)cc3)C2=O)cc(Br)c1OCc1ccc(Br)cc1. The summed E-state index contributed by atoms with van der Waals surface area (Å²) in [5, 5.41) is 2.34. The van der Waals surface area contributed by atoms with Gasteiger partial charge in [-0.25, -0.2) is 9.69 Å². The van der Waals surface area contributed by atoms with Crippen LogP contribution in [0.1, 0.15) is 55.2 Å². The third-order valence-corrected chi connectivity index (χ3v) is 10.9. The van der Waals surface area contributed by atoms with Crippen molar-refractivity contribution >= 4 is 61.5 Å². The fourth-order valence-corrected chi connectivity index (χ4v) is 9.02. The van der Waals surface area contributed by atoms with Crippen LogP contribution >= 0.6 is 31.9 Å². The minimum absolute atomic E-state index is 0.146. The number of halogens is 2. The Morgan fingerprint density at radius 1 is 0.909 bits per heavy atom. The van der Waals surface area contributed by atoms with Crippen LogP contribution < -0.4 is 19.7 Å². The maximum atomic E-state index is 13.7. The van der Waals surface area contributed by atoms with Crippen molar-refractivity contribution in [3.8, 4) is 11.5 Å². The van der Waals surface area contributed by atoms with Crippen LogP contribution in [0.25, 0.3) is 6.08 Å². The van der Waals surface area contributed by atoms with Crippen LogP contribution in [0.2, 0.25) is 0 Å². The highest BCUT2D eigenvalue weighted by atomic mass is 79.9. The molecule has 5 fully saturated rings. The maximum Gasteiger partial charge on any atom is 0.335 e. The Balaban J connectivity index is 1.13. The molecule has 3 aromatic rings. The van der Waals surface area contributed by atoms with Gasteiger partial charge >= 0.3 is 6.03 Å². The quantitative estimate of drug-likeness (QED) is 0.198. The topological polar surface area (TPSA) is 84.9 Å². The van der Waals surface area contributed by atoms with Crippen molar-refractivity contribution in [2.75, 3.05) is 12.0 Å². The summed E-state index contributed by atoms with van der Waals surface area (Å²) < 4.78 is 13.2. The first-order valence-electron chi connectivity index (χ1n) is 15.0. The van der Waals surface area contributed by atoms with Gasteiger partial charge in [0, 0.05) is 4.47 Å². The molecular formula is C35H32Br2N2O5. The molecule has 1 heterocycles. The Bertz CT molecular complexity index is 1650. The molecule has 0 aromatic heterocycles. The number of nitrogens with zero attached hydrogens (tertiary/aromatic N) is 1. The minimum Gasteiger partial charge on any atom is -0.493 e. The Morgan fingerprint density at radius 3 is 2.16 bits per heavy atom. The highest BCUT2D eigenvalue weighted by Crippen LogP contribution is 2.60. The van der Waals surface area contributed by atoms with E-state index in [4.69, 9.17) is 9.47 Å². The molecule has 3 aromatic carbocycles. The molecule has 44 heavy (non-hydrogen) atoms. The Hall–Kier alpha value is -3.43. The molecule has 4 saturated carbocycles. The number of carbonyl (C=O) groups excluding carboxylic acids is 3. The smallest absolute Gasteiger partial charge is 0.335 e. The lowest BCUT2D eigenvalue weighted by Crippen LogP contribution is -2.54. The number of ether oxygens (including phenoxy) is 2. The number of amides is 4. The first-order valence-corrected chi connectivity index (χ1v) is 16.6. The highest BCUT2D eigenvalue weighted by Gasteiger charge is 2.51. The van der Waals surface area contributed by atoms with Gasteiger partial charge in [0.2, 0.25) is 0 Å². The molecular weight excluding hydrogens is 688 g/mol. The second kappa shape index (κ2) is 11.5. The second-order valence-electron chi connectivity index (χ2n) is 12.7. The molecule has 1 saturated heterocycles. The van der Waals surface area contributed by atoms with E-state index >= 15 is 0 Å². The monoisotopic (exact) mass is 718 g/mol. The van der Waals surface area contributed by atoms with E-state index in [9.17, 15) is 14.4 Å². The zero-order valence-corrected chi connectivity index (χ0v) is 27.4. The van der Waals surface area contributed by atoms with Gasteiger partial charge in [-0.05, 0) is 137 Å². The summed E-state index contributed by atoms with van der Waals surface area (Å²) in [6, 6.07) is 18.3. The van der Waals surface area contributed by atoms with E-state index in [1.807, 2.05) is 36.4 Å². The van der Waals surface area contributed by atoms with E-state index in [0.29, 0.717) is 33.8 Å². The molecule has 9 heteroatoms. The van der Waals surface area contributed by atoms with Gasteiger partial charge in [-0.15, -0.1) is 0 Å². The number of anilines is 1. The average Bonchev–Trinajstić information content (AvgIpc) is 2.99. The van der Waals surface area contributed by atoms with Crippen LogP contribution in [0.3, 0.4) is 0 Å². The number of urea groups is 1. The minimum atomic E-state index is -0.754. The lowest BCUT2D eigenvalue weighted by atomic mass is 9.48. The summed E-state index contributed by atoms with van der Waals surface area (Å²) in [7, 11) is 1.52. The highest BCUT2D eigenvalue weighted by molar-refractivity contribution is 9.10. The van der Waals surface area contributed by atoms with Gasteiger partial charge < -0.3 is 9.47 Å². The van der Waals surface area contributed by atoms with Crippen molar-refractivity contribution in [2.24, 2.45) is 17.8 Å². The molecule has 0 spiro atoms. The number of hydrogen-bond donors (Lipinski definition) is 1. The largest absolute Gasteiger partial charge is 0.493 e. The van der Waals surface area contributed by atoms with Gasteiger partial charge in [0.15, 0.2) is 11.5 Å². The molecule has 1 N–H and O–H groups in total.